The molecule has 0 amide bonds. The van der Waals surface area contributed by atoms with E-state index in [0.29, 0.717) is 30.4 Å². The highest BCUT2D eigenvalue weighted by atomic mass is 19.4. The summed E-state index contributed by atoms with van der Waals surface area (Å²) in [6.07, 6.45) is 3.82. The summed E-state index contributed by atoms with van der Waals surface area (Å²) in [5, 5.41) is 1.29. The van der Waals surface area contributed by atoms with Gasteiger partial charge >= 0.3 is 6.36 Å². The average molecular weight is 526 g/mol. The number of aryl methyl sites for hydroxylation is 2. The highest BCUT2D eigenvalue weighted by molar-refractivity contribution is 5.88. The van der Waals surface area contributed by atoms with Gasteiger partial charge in [0.2, 0.25) is 0 Å². The van der Waals surface area contributed by atoms with Gasteiger partial charge in [-0.1, -0.05) is 69.0 Å². The number of fused-ring (bicyclic) bond motifs is 1. The van der Waals surface area contributed by atoms with Crippen molar-refractivity contribution in [3.8, 4) is 22.8 Å². The first-order valence-corrected chi connectivity index (χ1v) is 13.0. The van der Waals surface area contributed by atoms with Crippen molar-refractivity contribution in [1.29, 1.82) is 0 Å². The highest BCUT2D eigenvalue weighted by Crippen LogP contribution is 2.28. The Morgan fingerprint density at radius 3 is 2.26 bits per heavy atom. The molecule has 0 saturated carbocycles. The van der Waals surface area contributed by atoms with Crippen molar-refractivity contribution >= 4 is 10.8 Å². The second-order valence-corrected chi connectivity index (χ2v) is 9.31. The zero-order valence-corrected chi connectivity index (χ0v) is 21.4. The molecule has 0 fully saturated rings. The molecule has 200 valence electrons. The lowest BCUT2D eigenvalue weighted by Gasteiger charge is -2.11. The molecule has 0 spiro atoms. The van der Waals surface area contributed by atoms with Crippen LogP contribution in [0.3, 0.4) is 0 Å². The second-order valence-electron chi connectivity index (χ2n) is 9.31. The molecule has 7 heteroatoms. The average Bonchev–Trinajstić information content (AvgIpc) is 2.90. The number of nitrogens with zero attached hydrogens (tertiary/aromatic N) is 1. The topological polar surface area (TPSA) is 31.4 Å². The molecule has 0 unspecified atom stereocenters. The molecule has 1 aromatic heterocycles. The minimum Gasteiger partial charge on any atom is -0.492 e. The van der Waals surface area contributed by atoms with Crippen LogP contribution in [0.4, 0.5) is 17.6 Å². The first-order valence-electron chi connectivity index (χ1n) is 13.0. The maximum Gasteiger partial charge on any atom is 0.573 e. The Hall–Kier alpha value is -3.61. The van der Waals surface area contributed by atoms with Crippen LogP contribution in [-0.2, 0) is 12.8 Å². The van der Waals surface area contributed by atoms with Crippen molar-refractivity contribution in [2.45, 2.75) is 58.2 Å². The van der Waals surface area contributed by atoms with E-state index in [1.807, 2.05) is 30.3 Å². The van der Waals surface area contributed by atoms with Crippen LogP contribution >= 0.6 is 0 Å². The number of unbranched alkanes of at least 4 members (excludes halogenated alkanes) is 4. The van der Waals surface area contributed by atoms with E-state index < -0.39 is 6.36 Å². The molecule has 0 aliphatic carbocycles. The number of pyridine rings is 1. The molecule has 0 N–H and O–H groups in total. The van der Waals surface area contributed by atoms with Gasteiger partial charge in [0.25, 0.3) is 0 Å². The van der Waals surface area contributed by atoms with Gasteiger partial charge in [-0.15, -0.1) is 13.2 Å². The fraction of sp³-hybridized carbons (Fsp3) is 0.323. The van der Waals surface area contributed by atoms with Crippen molar-refractivity contribution in [2.75, 3.05) is 6.61 Å². The highest BCUT2D eigenvalue weighted by Gasteiger charge is 2.30. The summed E-state index contributed by atoms with van der Waals surface area (Å²) in [5.74, 6) is 0.174. The molecular weight excluding hydrogens is 494 g/mol. The predicted octanol–water partition coefficient (Wildman–Crippen LogP) is 9.07. The van der Waals surface area contributed by atoms with Crippen molar-refractivity contribution in [3.63, 3.8) is 0 Å². The predicted molar refractivity (Wildman–Crippen MR) is 142 cm³/mol. The van der Waals surface area contributed by atoms with E-state index in [1.165, 1.54) is 37.8 Å². The molecule has 0 radical (unpaired) electrons. The van der Waals surface area contributed by atoms with Gasteiger partial charge in [0.1, 0.15) is 17.3 Å². The third-order valence-corrected chi connectivity index (χ3v) is 6.42. The van der Waals surface area contributed by atoms with Gasteiger partial charge in [-0.3, -0.25) is 4.98 Å². The Labute approximate surface area is 220 Å². The molecule has 0 bridgehead atoms. The molecule has 0 saturated heterocycles. The molecular formula is C31H31F4NO2. The van der Waals surface area contributed by atoms with Crippen molar-refractivity contribution in [2.24, 2.45) is 0 Å². The minimum atomic E-state index is -4.73. The number of aromatic nitrogens is 1. The van der Waals surface area contributed by atoms with E-state index in [9.17, 15) is 13.2 Å². The molecule has 0 aliphatic heterocycles. The van der Waals surface area contributed by atoms with Crippen LogP contribution in [0.2, 0.25) is 0 Å². The molecule has 0 aliphatic rings. The number of alkyl halides is 3. The number of rotatable bonds is 12. The zero-order chi connectivity index (χ0) is 27.0. The largest absolute Gasteiger partial charge is 0.573 e. The fourth-order valence-electron chi connectivity index (χ4n) is 4.36. The van der Waals surface area contributed by atoms with Gasteiger partial charge in [0.15, 0.2) is 0 Å². The second kappa shape index (κ2) is 12.8. The van der Waals surface area contributed by atoms with Gasteiger partial charge < -0.3 is 9.47 Å². The summed E-state index contributed by atoms with van der Waals surface area (Å²) in [6, 6.07) is 18.6. The summed E-state index contributed by atoms with van der Waals surface area (Å²) in [4.78, 5) is 4.52. The zero-order valence-electron chi connectivity index (χ0n) is 21.4. The van der Waals surface area contributed by atoms with Crippen LogP contribution in [0.5, 0.6) is 11.5 Å². The van der Waals surface area contributed by atoms with E-state index in [-0.39, 0.29) is 11.6 Å². The number of benzene rings is 3. The lowest BCUT2D eigenvalue weighted by molar-refractivity contribution is -0.274. The Morgan fingerprint density at radius 2 is 1.55 bits per heavy atom. The number of hydrogen-bond donors (Lipinski definition) is 0. The lowest BCUT2D eigenvalue weighted by Crippen LogP contribution is -2.17. The standard InChI is InChI=1S/C31H31F4NO2/c1-2-3-4-5-6-19-37-27-16-18-29(36-21-27)25-13-17-28-24(20-25)12-11-23(30(28)32)10-7-22-8-14-26(15-9-22)38-31(33,34)35/h8-9,11-18,20-21H,2-7,10,19H2,1H3. The first-order chi connectivity index (χ1) is 18.3. The maximum atomic E-state index is 15.2. The molecule has 3 aromatic carbocycles. The Kier molecular flexibility index (Phi) is 9.21. The quantitative estimate of drug-likeness (QED) is 0.137. The van der Waals surface area contributed by atoms with Crippen LogP contribution in [-0.4, -0.2) is 18.0 Å². The Bertz CT molecular complexity index is 1320. The maximum absolute atomic E-state index is 15.2. The summed E-state index contributed by atoms with van der Waals surface area (Å²) < 4.78 is 61.9. The minimum absolute atomic E-state index is 0.275. The van der Waals surface area contributed by atoms with E-state index in [1.54, 1.807) is 30.5 Å². The molecule has 1 heterocycles. The van der Waals surface area contributed by atoms with Gasteiger partial charge in [-0.2, -0.15) is 0 Å². The summed E-state index contributed by atoms with van der Waals surface area (Å²) in [5.41, 5.74) is 3.01. The van der Waals surface area contributed by atoms with E-state index in [2.05, 4.69) is 16.6 Å². The molecule has 4 rings (SSSR count). The lowest BCUT2D eigenvalue weighted by atomic mass is 9.98. The van der Waals surface area contributed by atoms with Crippen LogP contribution in [0.1, 0.15) is 50.2 Å². The van der Waals surface area contributed by atoms with Gasteiger partial charge in [-0.05, 0) is 66.1 Å². The normalized spacial score (nSPS) is 11.6. The van der Waals surface area contributed by atoms with Crippen LogP contribution < -0.4 is 9.47 Å². The van der Waals surface area contributed by atoms with Gasteiger partial charge in [-0.25, -0.2) is 4.39 Å². The van der Waals surface area contributed by atoms with Crippen molar-refractivity contribution in [1.82, 2.24) is 4.98 Å². The summed E-state index contributed by atoms with van der Waals surface area (Å²) in [6.45, 7) is 2.88. The van der Waals surface area contributed by atoms with Crippen molar-refractivity contribution in [3.05, 3.63) is 89.9 Å². The number of halogens is 4. The molecule has 38 heavy (non-hydrogen) atoms. The van der Waals surface area contributed by atoms with E-state index >= 15 is 4.39 Å². The van der Waals surface area contributed by atoms with Gasteiger partial charge in [0.05, 0.1) is 18.5 Å². The monoisotopic (exact) mass is 525 g/mol. The molecule has 4 aromatic rings. The third-order valence-electron chi connectivity index (χ3n) is 6.42. The SMILES string of the molecule is CCCCCCCOc1ccc(-c2ccc3c(F)c(CCc4ccc(OC(F)(F)F)cc4)ccc3c2)nc1. The third kappa shape index (κ3) is 7.70. The summed E-state index contributed by atoms with van der Waals surface area (Å²) >= 11 is 0. The van der Waals surface area contributed by atoms with Crippen LogP contribution in [0.25, 0.3) is 22.0 Å². The van der Waals surface area contributed by atoms with E-state index in [4.69, 9.17) is 4.74 Å². The fourth-order valence-corrected chi connectivity index (χ4v) is 4.36. The Balaban J connectivity index is 1.37. The van der Waals surface area contributed by atoms with Crippen LogP contribution in [0, 0.1) is 5.82 Å². The molecule has 0 atom stereocenters. The molecule has 3 nitrogen and oxygen atoms in total. The van der Waals surface area contributed by atoms with E-state index in [0.717, 1.165) is 34.4 Å². The first kappa shape index (κ1) is 27.4. The smallest absolute Gasteiger partial charge is 0.492 e. The number of ether oxygens (including phenoxy) is 2. The van der Waals surface area contributed by atoms with Crippen LogP contribution in [0.15, 0.2) is 72.9 Å². The Morgan fingerprint density at radius 1 is 0.789 bits per heavy atom. The van der Waals surface area contributed by atoms with Gasteiger partial charge in [0, 0.05) is 10.9 Å². The summed E-state index contributed by atoms with van der Waals surface area (Å²) in [7, 11) is 0. The number of hydrogen-bond acceptors (Lipinski definition) is 3. The van der Waals surface area contributed by atoms with Crippen molar-refractivity contribution < 1.29 is 27.0 Å².